The van der Waals surface area contributed by atoms with Gasteiger partial charge in [0.25, 0.3) is 5.91 Å². The maximum atomic E-state index is 12.8. The van der Waals surface area contributed by atoms with E-state index in [0.29, 0.717) is 16.3 Å². The Morgan fingerprint density at radius 3 is 2.54 bits per heavy atom. The van der Waals surface area contributed by atoms with Crippen molar-refractivity contribution in [1.29, 1.82) is 0 Å². The largest absolute Gasteiger partial charge is 0.325 e. The van der Waals surface area contributed by atoms with E-state index in [9.17, 15) is 14.4 Å². The Hall–Kier alpha value is -2.86. The van der Waals surface area contributed by atoms with E-state index < -0.39 is 23.4 Å². The minimum absolute atomic E-state index is 0.376. The molecule has 0 aromatic heterocycles. The lowest BCUT2D eigenvalue weighted by Gasteiger charge is -2.22. The quantitative estimate of drug-likeness (QED) is 0.811. The zero-order chi connectivity index (χ0) is 18.9. The van der Waals surface area contributed by atoms with E-state index in [1.165, 1.54) is 0 Å². The van der Waals surface area contributed by atoms with Crippen molar-refractivity contribution in [1.82, 2.24) is 10.2 Å². The van der Waals surface area contributed by atoms with Gasteiger partial charge in [0, 0.05) is 10.7 Å². The third-order valence-corrected chi connectivity index (χ3v) is 4.55. The predicted molar refractivity (Wildman–Crippen MR) is 98.9 cm³/mol. The first-order valence-corrected chi connectivity index (χ1v) is 8.44. The molecule has 2 N–H and O–H groups in total. The number of nitrogens with one attached hydrogen (secondary N) is 2. The number of aryl methyl sites for hydroxylation is 1. The van der Waals surface area contributed by atoms with Gasteiger partial charge >= 0.3 is 6.03 Å². The summed E-state index contributed by atoms with van der Waals surface area (Å²) in [6.07, 6.45) is 0. The van der Waals surface area contributed by atoms with Crippen molar-refractivity contribution in [3.05, 3.63) is 64.7 Å². The molecule has 2 aromatic carbocycles. The lowest BCUT2D eigenvalue weighted by Crippen LogP contribution is -2.42. The summed E-state index contributed by atoms with van der Waals surface area (Å²) in [7, 11) is 0. The third kappa shape index (κ3) is 3.41. The molecule has 1 aliphatic heterocycles. The van der Waals surface area contributed by atoms with Gasteiger partial charge in [0.05, 0.1) is 0 Å². The Balaban J connectivity index is 1.74. The number of benzene rings is 2. The van der Waals surface area contributed by atoms with Crippen LogP contribution in [0.5, 0.6) is 0 Å². The van der Waals surface area contributed by atoms with Gasteiger partial charge in [0.1, 0.15) is 12.1 Å². The Morgan fingerprint density at radius 2 is 1.88 bits per heavy atom. The Morgan fingerprint density at radius 1 is 1.19 bits per heavy atom. The van der Waals surface area contributed by atoms with Crippen LogP contribution in [0.2, 0.25) is 5.02 Å². The van der Waals surface area contributed by atoms with Crippen LogP contribution in [0.15, 0.2) is 48.5 Å². The summed E-state index contributed by atoms with van der Waals surface area (Å²) >= 11 is 5.88. The zero-order valence-corrected chi connectivity index (χ0v) is 15.1. The molecule has 4 amide bonds. The van der Waals surface area contributed by atoms with Gasteiger partial charge in [-0.25, -0.2) is 4.79 Å². The second-order valence-corrected chi connectivity index (χ2v) is 6.81. The van der Waals surface area contributed by atoms with Crippen molar-refractivity contribution in [2.45, 2.75) is 19.4 Å². The second-order valence-electron chi connectivity index (χ2n) is 6.37. The molecule has 0 bridgehead atoms. The maximum Gasteiger partial charge on any atom is 0.325 e. The molecule has 3 rings (SSSR count). The number of hydrogen-bond donors (Lipinski definition) is 2. The molecule has 6 nitrogen and oxygen atoms in total. The predicted octanol–water partition coefficient (Wildman–Crippen LogP) is 3.05. The van der Waals surface area contributed by atoms with Crippen LogP contribution in [0.1, 0.15) is 18.1 Å². The van der Waals surface area contributed by atoms with E-state index in [4.69, 9.17) is 11.6 Å². The number of anilines is 1. The normalized spacial score (nSPS) is 19.4. The molecule has 1 heterocycles. The standard InChI is InChI=1S/C19H18ClN3O3/c1-12-6-8-13(9-7-12)19(2)17(25)23(18(26)22-19)11-16(24)21-15-5-3-4-14(20)10-15/h3-10H,11H2,1-2H3,(H,21,24)(H,22,26). The first-order chi connectivity index (χ1) is 12.3. The summed E-state index contributed by atoms with van der Waals surface area (Å²) < 4.78 is 0. The number of nitrogens with zero attached hydrogens (tertiary/aromatic N) is 1. The monoisotopic (exact) mass is 371 g/mol. The highest BCUT2D eigenvalue weighted by Gasteiger charge is 2.49. The minimum atomic E-state index is -1.19. The Kier molecular flexibility index (Phi) is 4.70. The fourth-order valence-electron chi connectivity index (χ4n) is 2.83. The molecule has 2 aromatic rings. The van der Waals surface area contributed by atoms with Crippen LogP contribution in [-0.2, 0) is 15.1 Å². The number of rotatable bonds is 4. The summed E-state index contributed by atoms with van der Waals surface area (Å²) in [6.45, 7) is 3.19. The van der Waals surface area contributed by atoms with Crippen LogP contribution in [0.25, 0.3) is 0 Å². The van der Waals surface area contributed by atoms with E-state index in [-0.39, 0.29) is 6.54 Å². The topological polar surface area (TPSA) is 78.5 Å². The number of amides is 4. The average molecular weight is 372 g/mol. The third-order valence-electron chi connectivity index (χ3n) is 4.31. The zero-order valence-electron chi connectivity index (χ0n) is 14.4. The second kappa shape index (κ2) is 6.80. The first kappa shape index (κ1) is 17.9. The van der Waals surface area contributed by atoms with Crippen molar-refractivity contribution in [3.8, 4) is 0 Å². The van der Waals surface area contributed by atoms with Crippen molar-refractivity contribution >= 4 is 35.1 Å². The molecule has 0 spiro atoms. The maximum absolute atomic E-state index is 12.8. The van der Waals surface area contributed by atoms with Crippen LogP contribution < -0.4 is 10.6 Å². The molecule has 7 heteroatoms. The van der Waals surface area contributed by atoms with E-state index in [0.717, 1.165) is 10.5 Å². The van der Waals surface area contributed by atoms with Gasteiger partial charge < -0.3 is 10.6 Å². The molecular formula is C19H18ClN3O3. The van der Waals surface area contributed by atoms with Gasteiger partial charge in [-0.3, -0.25) is 14.5 Å². The van der Waals surface area contributed by atoms with E-state index >= 15 is 0 Å². The highest BCUT2D eigenvalue weighted by Crippen LogP contribution is 2.29. The highest BCUT2D eigenvalue weighted by molar-refractivity contribution is 6.30. The van der Waals surface area contributed by atoms with Crippen LogP contribution in [0.3, 0.4) is 0 Å². The van der Waals surface area contributed by atoms with Gasteiger partial charge in [0.2, 0.25) is 5.91 Å². The molecule has 0 saturated carbocycles. The number of halogens is 1. The molecule has 134 valence electrons. The van der Waals surface area contributed by atoms with Crippen LogP contribution >= 0.6 is 11.6 Å². The SMILES string of the molecule is Cc1ccc(C2(C)NC(=O)N(CC(=O)Nc3cccc(Cl)c3)C2=O)cc1. The summed E-state index contributed by atoms with van der Waals surface area (Å²) in [5.41, 5.74) is 1.02. The molecule has 1 aliphatic rings. The molecule has 1 unspecified atom stereocenters. The van der Waals surface area contributed by atoms with Gasteiger partial charge in [0.15, 0.2) is 0 Å². The highest BCUT2D eigenvalue weighted by atomic mass is 35.5. The Bertz CT molecular complexity index is 882. The minimum Gasteiger partial charge on any atom is -0.324 e. The van der Waals surface area contributed by atoms with Gasteiger partial charge in [-0.05, 0) is 37.6 Å². The summed E-state index contributed by atoms with van der Waals surface area (Å²) in [6, 6.07) is 13.4. The fraction of sp³-hybridized carbons (Fsp3) is 0.211. The van der Waals surface area contributed by atoms with E-state index in [1.807, 2.05) is 19.1 Å². The number of carbonyl (C=O) groups is 3. The molecular weight excluding hydrogens is 354 g/mol. The lowest BCUT2D eigenvalue weighted by atomic mass is 9.91. The fourth-order valence-corrected chi connectivity index (χ4v) is 3.02. The molecule has 0 radical (unpaired) electrons. The Labute approximate surface area is 156 Å². The summed E-state index contributed by atoms with van der Waals surface area (Å²) in [5.74, 6) is -0.948. The van der Waals surface area contributed by atoms with Crippen molar-refractivity contribution < 1.29 is 14.4 Å². The molecule has 1 fully saturated rings. The molecule has 26 heavy (non-hydrogen) atoms. The van der Waals surface area contributed by atoms with Crippen LogP contribution in [-0.4, -0.2) is 29.3 Å². The van der Waals surface area contributed by atoms with Gasteiger partial charge in [-0.2, -0.15) is 0 Å². The van der Waals surface area contributed by atoms with Gasteiger partial charge in [-0.15, -0.1) is 0 Å². The molecule has 1 saturated heterocycles. The number of urea groups is 1. The van der Waals surface area contributed by atoms with Crippen molar-refractivity contribution in [3.63, 3.8) is 0 Å². The van der Waals surface area contributed by atoms with E-state index in [2.05, 4.69) is 10.6 Å². The number of imide groups is 1. The molecule has 1 atom stereocenters. The van der Waals surface area contributed by atoms with Crippen molar-refractivity contribution in [2.24, 2.45) is 0 Å². The number of hydrogen-bond acceptors (Lipinski definition) is 3. The summed E-state index contributed by atoms with van der Waals surface area (Å²) in [4.78, 5) is 38.2. The number of carbonyl (C=O) groups excluding carboxylic acids is 3. The molecule has 0 aliphatic carbocycles. The van der Waals surface area contributed by atoms with Crippen molar-refractivity contribution in [2.75, 3.05) is 11.9 Å². The van der Waals surface area contributed by atoms with E-state index in [1.54, 1.807) is 43.3 Å². The smallest absolute Gasteiger partial charge is 0.324 e. The van der Waals surface area contributed by atoms with Crippen LogP contribution in [0, 0.1) is 6.92 Å². The summed E-state index contributed by atoms with van der Waals surface area (Å²) in [5, 5.41) is 5.79. The van der Waals surface area contributed by atoms with Gasteiger partial charge in [-0.1, -0.05) is 47.5 Å². The first-order valence-electron chi connectivity index (χ1n) is 8.06. The van der Waals surface area contributed by atoms with Crippen LogP contribution in [0.4, 0.5) is 10.5 Å². The average Bonchev–Trinajstić information content (AvgIpc) is 2.79. The lowest BCUT2D eigenvalue weighted by molar-refractivity contribution is -0.133.